The van der Waals surface area contributed by atoms with Crippen LogP contribution in [-0.4, -0.2) is 22.7 Å². The Hall–Kier alpha value is -0.900. The molecular formula is C16H29N3O. The first-order valence-corrected chi connectivity index (χ1v) is 8.33. The van der Waals surface area contributed by atoms with Crippen molar-refractivity contribution in [2.75, 3.05) is 6.54 Å². The zero-order chi connectivity index (χ0) is 14.4. The monoisotopic (exact) mass is 279 g/mol. The summed E-state index contributed by atoms with van der Waals surface area (Å²) in [5.41, 5.74) is 0. The fourth-order valence-electron chi connectivity index (χ4n) is 2.96. The van der Waals surface area contributed by atoms with Crippen molar-refractivity contribution in [3.63, 3.8) is 0 Å². The van der Waals surface area contributed by atoms with E-state index in [0.29, 0.717) is 17.9 Å². The van der Waals surface area contributed by atoms with Crippen molar-refractivity contribution in [3.05, 3.63) is 11.7 Å². The standard InChI is InChI=1S/C16H29N3O/c1-4-11-17-14-10-8-6-7-9-13(14)16-18-15(19-20-16)12(3)5-2/h12-14,17H,4-11H2,1-3H3. The fraction of sp³-hybridized carbons (Fsp3) is 0.875. The molecule has 1 aliphatic carbocycles. The van der Waals surface area contributed by atoms with Gasteiger partial charge in [0, 0.05) is 12.0 Å². The van der Waals surface area contributed by atoms with E-state index in [1.165, 1.54) is 38.5 Å². The van der Waals surface area contributed by atoms with E-state index >= 15 is 0 Å². The summed E-state index contributed by atoms with van der Waals surface area (Å²) in [5, 5.41) is 7.88. The molecule has 0 aromatic carbocycles. The molecule has 0 radical (unpaired) electrons. The van der Waals surface area contributed by atoms with E-state index in [2.05, 4.69) is 36.2 Å². The number of nitrogens with one attached hydrogen (secondary N) is 1. The van der Waals surface area contributed by atoms with E-state index in [-0.39, 0.29) is 0 Å². The average molecular weight is 279 g/mol. The lowest BCUT2D eigenvalue weighted by Gasteiger charge is -2.23. The van der Waals surface area contributed by atoms with E-state index in [9.17, 15) is 0 Å². The molecule has 4 nitrogen and oxygen atoms in total. The Kier molecular flexibility index (Phi) is 6.02. The van der Waals surface area contributed by atoms with Crippen LogP contribution in [0.15, 0.2) is 4.52 Å². The first kappa shape index (κ1) is 15.5. The minimum atomic E-state index is 0.389. The molecule has 1 saturated carbocycles. The van der Waals surface area contributed by atoms with Gasteiger partial charge in [-0.2, -0.15) is 4.98 Å². The van der Waals surface area contributed by atoms with Gasteiger partial charge in [0.15, 0.2) is 5.82 Å². The third kappa shape index (κ3) is 3.81. The minimum Gasteiger partial charge on any atom is -0.339 e. The average Bonchev–Trinajstić information content (AvgIpc) is 2.84. The van der Waals surface area contributed by atoms with Gasteiger partial charge in [-0.25, -0.2) is 0 Å². The molecule has 4 heteroatoms. The Morgan fingerprint density at radius 2 is 2.05 bits per heavy atom. The zero-order valence-electron chi connectivity index (χ0n) is 13.2. The van der Waals surface area contributed by atoms with Crippen LogP contribution in [0.25, 0.3) is 0 Å². The molecule has 1 heterocycles. The van der Waals surface area contributed by atoms with Gasteiger partial charge in [0.05, 0.1) is 5.92 Å². The Morgan fingerprint density at radius 3 is 2.80 bits per heavy atom. The molecule has 1 aromatic rings. The molecule has 114 valence electrons. The topological polar surface area (TPSA) is 51.0 Å². The second-order valence-corrected chi connectivity index (χ2v) is 6.11. The molecule has 1 aliphatic rings. The number of rotatable bonds is 6. The first-order chi connectivity index (χ1) is 9.76. The maximum Gasteiger partial charge on any atom is 0.231 e. The van der Waals surface area contributed by atoms with Crippen LogP contribution in [0.1, 0.15) is 89.3 Å². The van der Waals surface area contributed by atoms with Crippen LogP contribution in [0.2, 0.25) is 0 Å². The summed E-state index contributed by atoms with van der Waals surface area (Å²) in [6.07, 6.45) is 8.54. The van der Waals surface area contributed by atoms with Crippen molar-refractivity contribution in [3.8, 4) is 0 Å². The summed E-state index contributed by atoms with van der Waals surface area (Å²) >= 11 is 0. The van der Waals surface area contributed by atoms with Crippen molar-refractivity contribution in [1.29, 1.82) is 0 Å². The van der Waals surface area contributed by atoms with Gasteiger partial charge in [-0.3, -0.25) is 0 Å². The molecule has 0 bridgehead atoms. The minimum absolute atomic E-state index is 0.389. The molecule has 2 rings (SSSR count). The van der Waals surface area contributed by atoms with Crippen LogP contribution in [0.5, 0.6) is 0 Å². The van der Waals surface area contributed by atoms with Crippen molar-refractivity contribution >= 4 is 0 Å². The molecule has 0 amide bonds. The SMILES string of the molecule is CCCNC1CCCCCC1c1nc(C(C)CC)no1. The second-order valence-electron chi connectivity index (χ2n) is 6.11. The second kappa shape index (κ2) is 7.77. The van der Waals surface area contributed by atoms with Crippen molar-refractivity contribution < 1.29 is 4.52 Å². The lowest BCUT2D eigenvalue weighted by molar-refractivity contribution is 0.301. The van der Waals surface area contributed by atoms with E-state index < -0.39 is 0 Å². The number of aromatic nitrogens is 2. The number of hydrogen-bond acceptors (Lipinski definition) is 4. The molecule has 3 unspecified atom stereocenters. The van der Waals surface area contributed by atoms with Gasteiger partial charge >= 0.3 is 0 Å². The molecule has 20 heavy (non-hydrogen) atoms. The smallest absolute Gasteiger partial charge is 0.231 e. The molecule has 1 fully saturated rings. The summed E-state index contributed by atoms with van der Waals surface area (Å²) < 4.78 is 5.59. The molecule has 0 spiro atoms. The molecule has 3 atom stereocenters. The van der Waals surface area contributed by atoms with Crippen LogP contribution >= 0.6 is 0 Å². The van der Waals surface area contributed by atoms with Crippen molar-refractivity contribution in [2.45, 2.75) is 83.6 Å². The van der Waals surface area contributed by atoms with Gasteiger partial charge in [-0.15, -0.1) is 0 Å². The predicted molar refractivity (Wildman–Crippen MR) is 80.9 cm³/mol. The highest BCUT2D eigenvalue weighted by Crippen LogP contribution is 2.32. The van der Waals surface area contributed by atoms with E-state index in [4.69, 9.17) is 4.52 Å². The fourth-order valence-corrected chi connectivity index (χ4v) is 2.96. The van der Waals surface area contributed by atoms with Crippen LogP contribution < -0.4 is 5.32 Å². The third-order valence-electron chi connectivity index (χ3n) is 4.50. The van der Waals surface area contributed by atoms with Gasteiger partial charge in [-0.05, 0) is 32.2 Å². The highest BCUT2D eigenvalue weighted by Gasteiger charge is 2.29. The molecule has 0 saturated heterocycles. The molecule has 1 N–H and O–H groups in total. The summed E-state index contributed by atoms with van der Waals surface area (Å²) in [4.78, 5) is 4.69. The highest BCUT2D eigenvalue weighted by atomic mass is 16.5. The van der Waals surface area contributed by atoms with Crippen LogP contribution in [0.4, 0.5) is 0 Å². The quantitative estimate of drug-likeness (QED) is 0.800. The maximum absolute atomic E-state index is 5.59. The number of hydrogen-bond donors (Lipinski definition) is 1. The van der Waals surface area contributed by atoms with E-state index in [1.54, 1.807) is 0 Å². The van der Waals surface area contributed by atoms with E-state index in [1.807, 2.05) is 0 Å². The van der Waals surface area contributed by atoms with Gasteiger partial charge in [0.2, 0.25) is 5.89 Å². The summed E-state index contributed by atoms with van der Waals surface area (Å²) in [7, 11) is 0. The normalized spacial score (nSPS) is 25.4. The van der Waals surface area contributed by atoms with E-state index in [0.717, 1.165) is 24.7 Å². The van der Waals surface area contributed by atoms with Crippen LogP contribution in [-0.2, 0) is 0 Å². The summed E-state index contributed by atoms with van der Waals surface area (Å²) in [6, 6.07) is 0.502. The summed E-state index contributed by atoms with van der Waals surface area (Å²) in [5.74, 6) is 2.52. The number of nitrogens with zero attached hydrogens (tertiary/aromatic N) is 2. The van der Waals surface area contributed by atoms with Crippen molar-refractivity contribution in [1.82, 2.24) is 15.5 Å². The zero-order valence-corrected chi connectivity index (χ0v) is 13.2. The lowest BCUT2D eigenvalue weighted by atomic mass is 9.94. The van der Waals surface area contributed by atoms with Gasteiger partial charge in [-0.1, -0.05) is 45.2 Å². The maximum atomic E-state index is 5.59. The largest absolute Gasteiger partial charge is 0.339 e. The lowest BCUT2D eigenvalue weighted by Crippen LogP contribution is -2.35. The molecule has 1 aromatic heterocycles. The summed E-state index contributed by atoms with van der Waals surface area (Å²) in [6.45, 7) is 7.62. The first-order valence-electron chi connectivity index (χ1n) is 8.33. The van der Waals surface area contributed by atoms with Crippen LogP contribution in [0.3, 0.4) is 0 Å². The van der Waals surface area contributed by atoms with Crippen molar-refractivity contribution in [2.24, 2.45) is 0 Å². The Labute approximate surface area is 122 Å². The van der Waals surface area contributed by atoms with Gasteiger partial charge in [0.25, 0.3) is 0 Å². The molecular weight excluding hydrogens is 250 g/mol. The Morgan fingerprint density at radius 1 is 1.25 bits per heavy atom. The highest BCUT2D eigenvalue weighted by molar-refractivity contribution is 5.02. The Bertz CT molecular complexity index is 391. The predicted octanol–water partition coefficient (Wildman–Crippen LogP) is 4.00. The van der Waals surface area contributed by atoms with Crippen LogP contribution in [0, 0.1) is 0 Å². The molecule has 0 aliphatic heterocycles. The third-order valence-corrected chi connectivity index (χ3v) is 4.50. The Balaban J connectivity index is 2.10. The van der Waals surface area contributed by atoms with Gasteiger partial charge < -0.3 is 9.84 Å². The van der Waals surface area contributed by atoms with Gasteiger partial charge in [0.1, 0.15) is 0 Å².